The zero-order valence-corrected chi connectivity index (χ0v) is 16.4. The van der Waals surface area contributed by atoms with Gasteiger partial charge in [0.1, 0.15) is 12.0 Å². The number of nitrogens with zero attached hydrogens (tertiary/aromatic N) is 1. The van der Waals surface area contributed by atoms with Gasteiger partial charge in [0.15, 0.2) is 0 Å². The number of carbonyl (C=O) groups is 1. The van der Waals surface area contributed by atoms with Crippen LogP contribution < -0.4 is 4.74 Å². The fourth-order valence-electron chi connectivity index (χ4n) is 4.49. The minimum absolute atomic E-state index is 0.259. The largest absolute Gasteiger partial charge is 0.497 e. The summed E-state index contributed by atoms with van der Waals surface area (Å²) in [6, 6.07) is 19.0. The summed E-state index contributed by atoms with van der Waals surface area (Å²) in [6.45, 7) is 3.18. The molecule has 1 atom stereocenters. The molecule has 0 radical (unpaired) electrons. The fourth-order valence-corrected chi connectivity index (χ4v) is 4.49. The van der Waals surface area contributed by atoms with Crippen LogP contribution in [0.3, 0.4) is 0 Å². The lowest BCUT2D eigenvalue weighted by Crippen LogP contribution is -2.35. The molecule has 28 heavy (non-hydrogen) atoms. The van der Waals surface area contributed by atoms with Gasteiger partial charge in [-0.15, -0.1) is 0 Å². The lowest BCUT2D eigenvalue weighted by atomic mass is 9.80. The molecule has 1 N–H and O–H groups in total. The third-order valence-electron chi connectivity index (χ3n) is 6.05. The summed E-state index contributed by atoms with van der Waals surface area (Å²) in [4.78, 5) is 17.5. The van der Waals surface area contributed by atoms with Crippen LogP contribution in [0.5, 0.6) is 5.75 Å². The van der Waals surface area contributed by atoms with Gasteiger partial charge in [-0.05, 0) is 61.0 Å². The van der Waals surface area contributed by atoms with Crippen molar-refractivity contribution < 1.29 is 9.53 Å². The third kappa shape index (κ3) is 4.12. The topological polar surface area (TPSA) is 45.3 Å². The Kier molecular flexibility index (Phi) is 5.77. The maximum absolute atomic E-state index is 11.4. The van der Waals surface area contributed by atoms with Gasteiger partial charge in [0, 0.05) is 36.2 Å². The van der Waals surface area contributed by atoms with Gasteiger partial charge in [-0.25, -0.2) is 0 Å². The van der Waals surface area contributed by atoms with Crippen LogP contribution in [-0.4, -0.2) is 36.4 Å². The fraction of sp³-hybridized carbons (Fsp3) is 0.375. The number of likely N-dealkylation sites (tertiary alicyclic amines) is 1. The third-order valence-corrected chi connectivity index (χ3v) is 6.05. The normalized spacial score (nSPS) is 16.9. The SMILES string of the molecule is COc1ccc2cc(C(CC=O)C3CCN(Cc4ccccc4)CC3)[nH]c2c1. The van der Waals surface area contributed by atoms with Crippen LogP contribution in [-0.2, 0) is 11.3 Å². The van der Waals surface area contributed by atoms with E-state index in [0.717, 1.165) is 50.0 Å². The molecule has 0 aliphatic carbocycles. The van der Waals surface area contributed by atoms with Crippen LogP contribution in [0.4, 0.5) is 0 Å². The molecule has 1 aliphatic rings. The molecule has 1 fully saturated rings. The highest BCUT2D eigenvalue weighted by molar-refractivity contribution is 5.82. The number of aldehydes is 1. The molecule has 2 aromatic carbocycles. The Bertz CT molecular complexity index is 911. The molecule has 4 nitrogen and oxygen atoms in total. The summed E-state index contributed by atoms with van der Waals surface area (Å²) in [5.74, 6) is 1.64. The highest BCUT2D eigenvalue weighted by Gasteiger charge is 2.28. The Hall–Kier alpha value is -2.59. The molecule has 146 valence electrons. The Morgan fingerprint density at radius 3 is 2.64 bits per heavy atom. The maximum atomic E-state index is 11.4. The number of hydrogen-bond acceptors (Lipinski definition) is 3. The van der Waals surface area contributed by atoms with Crippen molar-refractivity contribution in [3.8, 4) is 5.75 Å². The van der Waals surface area contributed by atoms with Crippen LogP contribution in [0.15, 0.2) is 54.6 Å². The van der Waals surface area contributed by atoms with Gasteiger partial charge >= 0.3 is 0 Å². The van der Waals surface area contributed by atoms with Crippen LogP contribution in [0.25, 0.3) is 10.9 Å². The van der Waals surface area contributed by atoms with Crippen molar-refractivity contribution in [1.82, 2.24) is 9.88 Å². The molecule has 1 aliphatic heterocycles. The quantitative estimate of drug-likeness (QED) is 0.605. The summed E-state index contributed by atoms with van der Waals surface area (Å²) >= 11 is 0. The second kappa shape index (κ2) is 8.61. The first-order valence-corrected chi connectivity index (χ1v) is 10.1. The number of methoxy groups -OCH3 is 1. The lowest BCUT2D eigenvalue weighted by molar-refractivity contribution is -0.108. The molecule has 1 saturated heterocycles. The number of aromatic nitrogens is 1. The van der Waals surface area contributed by atoms with Gasteiger partial charge in [-0.1, -0.05) is 30.3 Å². The number of ether oxygens (including phenoxy) is 1. The lowest BCUT2D eigenvalue weighted by Gasteiger charge is -2.35. The monoisotopic (exact) mass is 376 g/mol. The molecule has 0 saturated carbocycles. The summed E-state index contributed by atoms with van der Waals surface area (Å²) in [7, 11) is 1.68. The van der Waals surface area contributed by atoms with E-state index in [2.05, 4.69) is 52.3 Å². The van der Waals surface area contributed by atoms with Gasteiger partial charge < -0.3 is 14.5 Å². The minimum atomic E-state index is 0.259. The van der Waals surface area contributed by atoms with Crippen molar-refractivity contribution >= 4 is 17.2 Å². The van der Waals surface area contributed by atoms with Crippen LogP contribution in [0.2, 0.25) is 0 Å². The molecule has 4 rings (SSSR count). The predicted octanol–water partition coefficient (Wildman–Crippen LogP) is 4.76. The summed E-state index contributed by atoms with van der Waals surface area (Å²) in [6.07, 6.45) is 3.91. The number of hydrogen-bond donors (Lipinski definition) is 1. The van der Waals surface area contributed by atoms with Crippen molar-refractivity contribution in [3.05, 3.63) is 65.9 Å². The van der Waals surface area contributed by atoms with E-state index in [4.69, 9.17) is 4.74 Å². The van der Waals surface area contributed by atoms with Crippen LogP contribution >= 0.6 is 0 Å². The molecule has 2 heterocycles. The molecule has 3 aromatic rings. The molecule has 0 bridgehead atoms. The molecular weight excluding hydrogens is 348 g/mol. The molecule has 0 amide bonds. The molecule has 1 unspecified atom stereocenters. The van der Waals surface area contributed by atoms with Gasteiger partial charge in [0.05, 0.1) is 7.11 Å². The predicted molar refractivity (Wildman–Crippen MR) is 113 cm³/mol. The second-order valence-corrected chi connectivity index (χ2v) is 7.79. The van der Waals surface area contributed by atoms with Crippen molar-refractivity contribution in [2.24, 2.45) is 5.92 Å². The number of benzene rings is 2. The molecule has 0 spiro atoms. The van der Waals surface area contributed by atoms with Gasteiger partial charge in [-0.2, -0.15) is 0 Å². The van der Waals surface area contributed by atoms with Crippen molar-refractivity contribution in [3.63, 3.8) is 0 Å². The summed E-state index contributed by atoms with van der Waals surface area (Å²) in [5, 5.41) is 1.17. The van der Waals surface area contributed by atoms with E-state index in [0.29, 0.717) is 12.3 Å². The van der Waals surface area contributed by atoms with E-state index in [9.17, 15) is 4.79 Å². The van der Waals surface area contributed by atoms with E-state index in [1.54, 1.807) is 7.11 Å². The maximum Gasteiger partial charge on any atom is 0.120 e. The number of carbonyl (C=O) groups excluding carboxylic acids is 1. The summed E-state index contributed by atoms with van der Waals surface area (Å²) < 4.78 is 5.33. The highest BCUT2D eigenvalue weighted by atomic mass is 16.5. The first kappa shape index (κ1) is 18.8. The van der Waals surface area contributed by atoms with E-state index in [1.165, 1.54) is 16.6 Å². The first-order chi connectivity index (χ1) is 13.8. The van der Waals surface area contributed by atoms with Crippen molar-refractivity contribution in [2.45, 2.75) is 31.7 Å². The van der Waals surface area contributed by atoms with E-state index < -0.39 is 0 Å². The number of piperidine rings is 1. The first-order valence-electron chi connectivity index (χ1n) is 10.1. The Labute approximate surface area is 166 Å². The van der Waals surface area contributed by atoms with Crippen molar-refractivity contribution in [1.29, 1.82) is 0 Å². The number of aromatic amines is 1. The second-order valence-electron chi connectivity index (χ2n) is 7.79. The average Bonchev–Trinajstić information content (AvgIpc) is 3.16. The van der Waals surface area contributed by atoms with E-state index >= 15 is 0 Å². The number of fused-ring (bicyclic) bond motifs is 1. The molecular formula is C24H28N2O2. The number of rotatable bonds is 7. The van der Waals surface area contributed by atoms with Crippen LogP contribution in [0.1, 0.15) is 36.4 Å². The standard InChI is InChI=1S/C24H28N2O2/c1-28-21-8-7-20-15-24(25-23(20)16-21)22(11-14-27)19-9-12-26(13-10-19)17-18-5-3-2-4-6-18/h2-8,14-16,19,22,25H,9-13,17H2,1H3. The van der Waals surface area contributed by atoms with E-state index in [1.807, 2.05) is 12.1 Å². The Balaban J connectivity index is 1.46. The average molecular weight is 377 g/mol. The van der Waals surface area contributed by atoms with Crippen LogP contribution in [0, 0.1) is 5.92 Å². The molecule has 1 aromatic heterocycles. The highest BCUT2D eigenvalue weighted by Crippen LogP contribution is 2.36. The number of H-pyrrole nitrogens is 1. The van der Waals surface area contributed by atoms with Gasteiger partial charge in [-0.3, -0.25) is 4.90 Å². The van der Waals surface area contributed by atoms with E-state index in [-0.39, 0.29) is 5.92 Å². The minimum Gasteiger partial charge on any atom is -0.497 e. The summed E-state index contributed by atoms with van der Waals surface area (Å²) in [5.41, 5.74) is 3.62. The van der Waals surface area contributed by atoms with Crippen molar-refractivity contribution in [2.75, 3.05) is 20.2 Å². The Morgan fingerprint density at radius 1 is 1.14 bits per heavy atom. The zero-order valence-electron chi connectivity index (χ0n) is 16.4. The smallest absolute Gasteiger partial charge is 0.120 e. The molecule has 4 heteroatoms. The zero-order chi connectivity index (χ0) is 19.3. The number of nitrogens with one attached hydrogen (secondary N) is 1. The Morgan fingerprint density at radius 2 is 1.93 bits per heavy atom. The van der Waals surface area contributed by atoms with Gasteiger partial charge in [0.2, 0.25) is 0 Å². The van der Waals surface area contributed by atoms with Gasteiger partial charge in [0.25, 0.3) is 0 Å².